The Bertz CT molecular complexity index is 581. The predicted molar refractivity (Wildman–Crippen MR) is 88.9 cm³/mol. The fourth-order valence-corrected chi connectivity index (χ4v) is 3.18. The van der Waals surface area contributed by atoms with E-state index in [-0.39, 0.29) is 11.5 Å². The van der Waals surface area contributed by atoms with Gasteiger partial charge in [-0.05, 0) is 19.4 Å². The first-order valence-corrected chi connectivity index (χ1v) is 8.14. The van der Waals surface area contributed by atoms with Crippen LogP contribution in [0.3, 0.4) is 0 Å². The Balaban J connectivity index is 1.93. The van der Waals surface area contributed by atoms with E-state index in [1.807, 2.05) is 9.80 Å². The van der Waals surface area contributed by atoms with E-state index >= 15 is 0 Å². The van der Waals surface area contributed by atoms with Crippen molar-refractivity contribution < 1.29 is 4.92 Å². The van der Waals surface area contributed by atoms with Gasteiger partial charge < -0.3 is 20.4 Å². The predicted octanol–water partition coefficient (Wildman–Crippen LogP) is 0.709. The molecule has 2 N–H and O–H groups in total. The normalized spacial score (nSPS) is 19.3. The molecule has 0 atom stereocenters. The van der Waals surface area contributed by atoms with Crippen molar-refractivity contribution in [1.29, 1.82) is 0 Å². The number of hydrogen-bond acceptors (Lipinski definition) is 8. The molecule has 0 amide bonds. The van der Waals surface area contributed by atoms with Crippen LogP contribution in [0, 0.1) is 10.1 Å². The van der Waals surface area contributed by atoms with Gasteiger partial charge in [-0.3, -0.25) is 10.1 Å². The van der Waals surface area contributed by atoms with E-state index in [0.29, 0.717) is 24.9 Å². The smallest absolute Gasteiger partial charge is 0.353 e. The quantitative estimate of drug-likeness (QED) is 0.638. The minimum absolute atomic E-state index is 0.0418. The van der Waals surface area contributed by atoms with E-state index in [0.717, 1.165) is 45.6 Å². The maximum atomic E-state index is 11.4. The zero-order valence-corrected chi connectivity index (χ0v) is 13.4. The van der Waals surface area contributed by atoms with Gasteiger partial charge in [-0.1, -0.05) is 6.92 Å². The van der Waals surface area contributed by atoms with Crippen LogP contribution >= 0.6 is 0 Å². The number of nitro groups is 1. The summed E-state index contributed by atoms with van der Waals surface area (Å²) in [6.45, 7) is 8.02. The topological polar surface area (TPSA) is 105 Å². The van der Waals surface area contributed by atoms with Gasteiger partial charge in [0, 0.05) is 39.3 Å². The molecule has 3 rings (SSSR count). The molecule has 2 aliphatic heterocycles. The van der Waals surface area contributed by atoms with Crippen molar-refractivity contribution in [2.45, 2.75) is 19.8 Å². The number of aromatic nitrogens is 2. The Morgan fingerprint density at radius 2 is 1.74 bits per heavy atom. The van der Waals surface area contributed by atoms with Crippen molar-refractivity contribution in [3.63, 3.8) is 0 Å². The van der Waals surface area contributed by atoms with E-state index in [1.165, 1.54) is 0 Å². The molecule has 0 aromatic carbocycles. The van der Waals surface area contributed by atoms with E-state index < -0.39 is 4.92 Å². The Hall–Kier alpha value is -2.16. The zero-order chi connectivity index (χ0) is 16.4. The largest absolute Gasteiger partial charge is 0.378 e. The Morgan fingerprint density at radius 3 is 2.30 bits per heavy atom. The second kappa shape index (κ2) is 6.53. The molecule has 9 nitrogen and oxygen atoms in total. The fourth-order valence-electron chi connectivity index (χ4n) is 3.18. The summed E-state index contributed by atoms with van der Waals surface area (Å²) in [6.07, 6.45) is 2.18. The maximum Gasteiger partial charge on any atom is 0.353 e. The number of rotatable bonds is 4. The van der Waals surface area contributed by atoms with E-state index in [4.69, 9.17) is 5.73 Å². The summed E-state index contributed by atoms with van der Waals surface area (Å²) in [6, 6.07) is 0. The number of likely N-dealkylation sites (N-methyl/N-ethyl adjacent to an activating group) is 1. The first kappa shape index (κ1) is 15.7. The maximum absolute atomic E-state index is 11.4. The third kappa shape index (κ3) is 3.14. The molecule has 9 heteroatoms. The number of nitrogens with zero attached hydrogens (tertiary/aromatic N) is 6. The van der Waals surface area contributed by atoms with E-state index in [9.17, 15) is 10.1 Å². The molecule has 1 aromatic heterocycles. The van der Waals surface area contributed by atoms with Crippen molar-refractivity contribution in [2.24, 2.45) is 0 Å². The highest BCUT2D eigenvalue weighted by atomic mass is 16.6. The van der Waals surface area contributed by atoms with Crippen LogP contribution in [0.4, 0.5) is 23.3 Å². The first-order chi connectivity index (χ1) is 11.1. The lowest BCUT2D eigenvalue weighted by Crippen LogP contribution is -2.46. The third-order valence-corrected chi connectivity index (χ3v) is 4.57. The van der Waals surface area contributed by atoms with Crippen LogP contribution in [-0.2, 0) is 0 Å². The van der Waals surface area contributed by atoms with E-state index in [2.05, 4.69) is 21.8 Å². The summed E-state index contributed by atoms with van der Waals surface area (Å²) < 4.78 is 0. The molecule has 0 unspecified atom stereocenters. The standard InChI is InChI=1S/C14H23N7O2/c1-2-18-7-9-19(10-8-18)13-11(21(22)23)12(15)16-14(17-13)20-5-3-4-6-20/h2-10H2,1H3,(H2,15,16,17). The average Bonchev–Trinajstić information content (AvgIpc) is 3.08. The molecule has 0 radical (unpaired) electrons. The lowest BCUT2D eigenvalue weighted by molar-refractivity contribution is -0.383. The lowest BCUT2D eigenvalue weighted by Gasteiger charge is -2.34. The highest BCUT2D eigenvalue weighted by Crippen LogP contribution is 2.34. The molecule has 2 aliphatic rings. The molecular formula is C14H23N7O2. The average molecular weight is 321 g/mol. The molecule has 0 spiro atoms. The monoisotopic (exact) mass is 321 g/mol. The van der Waals surface area contributed by atoms with Gasteiger partial charge >= 0.3 is 5.69 Å². The summed E-state index contributed by atoms with van der Waals surface area (Å²) in [4.78, 5) is 26.0. The van der Waals surface area contributed by atoms with Crippen LogP contribution in [-0.4, -0.2) is 65.6 Å². The summed E-state index contributed by atoms with van der Waals surface area (Å²) >= 11 is 0. The molecular weight excluding hydrogens is 298 g/mol. The molecule has 0 saturated carbocycles. The zero-order valence-electron chi connectivity index (χ0n) is 13.4. The van der Waals surface area contributed by atoms with Crippen molar-refractivity contribution >= 4 is 23.3 Å². The molecule has 23 heavy (non-hydrogen) atoms. The van der Waals surface area contributed by atoms with Crippen molar-refractivity contribution in [3.05, 3.63) is 10.1 Å². The Labute approximate surface area is 135 Å². The number of nitrogens with two attached hydrogens (primary N) is 1. The van der Waals surface area contributed by atoms with Crippen LogP contribution in [0.1, 0.15) is 19.8 Å². The molecule has 2 saturated heterocycles. The lowest BCUT2D eigenvalue weighted by atomic mass is 10.3. The summed E-state index contributed by atoms with van der Waals surface area (Å²) in [5.74, 6) is 0.832. The van der Waals surface area contributed by atoms with Crippen LogP contribution in [0.5, 0.6) is 0 Å². The summed E-state index contributed by atoms with van der Waals surface area (Å²) in [7, 11) is 0. The second-order valence-corrected chi connectivity index (χ2v) is 5.95. The van der Waals surface area contributed by atoms with Crippen LogP contribution in [0.15, 0.2) is 0 Å². The fraction of sp³-hybridized carbons (Fsp3) is 0.714. The number of nitrogen functional groups attached to an aromatic ring is 1. The highest BCUT2D eigenvalue weighted by molar-refractivity contribution is 5.71. The molecule has 0 bridgehead atoms. The van der Waals surface area contributed by atoms with Gasteiger partial charge in [0.15, 0.2) is 0 Å². The van der Waals surface area contributed by atoms with Crippen molar-refractivity contribution in [2.75, 3.05) is 61.3 Å². The second-order valence-electron chi connectivity index (χ2n) is 5.95. The third-order valence-electron chi connectivity index (χ3n) is 4.57. The van der Waals surface area contributed by atoms with Gasteiger partial charge in [-0.15, -0.1) is 0 Å². The minimum atomic E-state index is -0.468. The molecule has 1 aromatic rings. The van der Waals surface area contributed by atoms with E-state index in [1.54, 1.807) is 0 Å². The van der Waals surface area contributed by atoms with Gasteiger partial charge in [0.05, 0.1) is 4.92 Å². The number of anilines is 3. The molecule has 2 fully saturated rings. The first-order valence-electron chi connectivity index (χ1n) is 8.14. The molecule has 3 heterocycles. The van der Waals surface area contributed by atoms with Gasteiger partial charge in [0.25, 0.3) is 0 Å². The van der Waals surface area contributed by atoms with Gasteiger partial charge in [-0.2, -0.15) is 9.97 Å². The SMILES string of the molecule is CCN1CCN(c2nc(N3CCCC3)nc(N)c2[N+](=O)[O-])CC1. The van der Waals surface area contributed by atoms with Crippen molar-refractivity contribution in [3.8, 4) is 0 Å². The summed E-state index contributed by atoms with van der Waals surface area (Å²) in [5, 5.41) is 11.4. The summed E-state index contributed by atoms with van der Waals surface area (Å²) in [5.41, 5.74) is 5.73. The van der Waals surface area contributed by atoms with Crippen LogP contribution in [0.25, 0.3) is 0 Å². The number of hydrogen-bond donors (Lipinski definition) is 1. The van der Waals surface area contributed by atoms with Crippen LogP contribution in [0.2, 0.25) is 0 Å². The number of piperazine rings is 1. The van der Waals surface area contributed by atoms with Gasteiger partial charge in [0.1, 0.15) is 0 Å². The van der Waals surface area contributed by atoms with Gasteiger partial charge in [0.2, 0.25) is 17.6 Å². The highest BCUT2D eigenvalue weighted by Gasteiger charge is 2.30. The van der Waals surface area contributed by atoms with Crippen LogP contribution < -0.4 is 15.5 Å². The Morgan fingerprint density at radius 1 is 1.09 bits per heavy atom. The minimum Gasteiger partial charge on any atom is -0.378 e. The van der Waals surface area contributed by atoms with Gasteiger partial charge in [-0.25, -0.2) is 0 Å². The van der Waals surface area contributed by atoms with Crippen molar-refractivity contribution in [1.82, 2.24) is 14.9 Å². The molecule has 0 aliphatic carbocycles. The Kier molecular flexibility index (Phi) is 4.46. The molecule has 126 valence electrons.